The second-order valence-electron chi connectivity index (χ2n) is 9.26. The smallest absolute Gasteiger partial charge is 0.410 e. The lowest BCUT2D eigenvalue weighted by molar-refractivity contribution is 0.103. The van der Waals surface area contributed by atoms with E-state index in [-0.39, 0.29) is 17.3 Å². The number of amides is 1. The van der Waals surface area contributed by atoms with Crippen LogP contribution in [0.4, 0.5) is 21.0 Å². The van der Waals surface area contributed by atoms with Gasteiger partial charge in [-0.15, -0.1) is 10.2 Å². The Morgan fingerprint density at radius 3 is 2.68 bits per heavy atom. The van der Waals surface area contributed by atoms with E-state index in [9.17, 15) is 9.18 Å². The number of hydrogen-bond donors (Lipinski definition) is 0. The second-order valence-corrected chi connectivity index (χ2v) is 9.70. The first-order chi connectivity index (χ1) is 16.4. The quantitative estimate of drug-likeness (QED) is 0.552. The summed E-state index contributed by atoms with van der Waals surface area (Å²) in [5.74, 6) is 1.50. The molecule has 9 nitrogen and oxygen atoms in total. The summed E-state index contributed by atoms with van der Waals surface area (Å²) in [6.07, 6.45) is 1.18. The van der Waals surface area contributed by atoms with E-state index >= 15 is 0 Å². The number of benzene rings is 1. The molecule has 2 saturated heterocycles. The molecule has 2 aromatic heterocycles. The van der Waals surface area contributed by atoms with Gasteiger partial charge in [0.05, 0.1) is 25.4 Å². The molecule has 6 rings (SSSR count). The van der Waals surface area contributed by atoms with E-state index in [0.717, 1.165) is 43.4 Å². The molecule has 0 bridgehead atoms. The van der Waals surface area contributed by atoms with E-state index in [4.69, 9.17) is 16.3 Å². The van der Waals surface area contributed by atoms with Gasteiger partial charge in [0.2, 0.25) is 5.95 Å². The molecule has 0 N–H and O–H groups in total. The topological polar surface area (TPSA) is 79.6 Å². The van der Waals surface area contributed by atoms with Gasteiger partial charge in [0.1, 0.15) is 0 Å². The number of halogens is 2. The number of rotatable bonds is 2. The summed E-state index contributed by atoms with van der Waals surface area (Å²) in [6.45, 7) is 5.33. The number of fused-ring (bicyclic) bond motifs is 3. The third-order valence-electron chi connectivity index (χ3n) is 6.97. The summed E-state index contributed by atoms with van der Waals surface area (Å²) in [5, 5.41) is 9.57. The minimum absolute atomic E-state index is 0.0770. The zero-order valence-electron chi connectivity index (χ0n) is 18.8. The summed E-state index contributed by atoms with van der Waals surface area (Å²) in [4.78, 5) is 22.5. The molecule has 3 aliphatic heterocycles. The lowest BCUT2D eigenvalue weighted by Gasteiger charge is -2.60. The lowest BCUT2D eigenvalue weighted by atomic mass is 9.73. The van der Waals surface area contributed by atoms with Gasteiger partial charge in [0, 0.05) is 42.8 Å². The zero-order valence-corrected chi connectivity index (χ0v) is 19.5. The van der Waals surface area contributed by atoms with Crippen LogP contribution >= 0.6 is 11.6 Å². The van der Waals surface area contributed by atoms with Gasteiger partial charge >= 0.3 is 6.09 Å². The van der Waals surface area contributed by atoms with Crippen molar-refractivity contribution in [3.8, 4) is 5.69 Å². The molecule has 5 heterocycles. The zero-order chi connectivity index (χ0) is 23.6. The molecule has 176 valence electrons. The highest BCUT2D eigenvalue weighted by atomic mass is 35.5. The third kappa shape index (κ3) is 3.12. The van der Waals surface area contributed by atoms with Crippen molar-refractivity contribution in [3.05, 3.63) is 58.8 Å². The summed E-state index contributed by atoms with van der Waals surface area (Å²) < 4.78 is 21.1. The monoisotopic (exact) mass is 483 g/mol. The van der Waals surface area contributed by atoms with Gasteiger partial charge < -0.3 is 14.5 Å². The van der Waals surface area contributed by atoms with Crippen LogP contribution in [0.25, 0.3) is 5.69 Å². The van der Waals surface area contributed by atoms with Crippen molar-refractivity contribution in [1.29, 1.82) is 0 Å². The van der Waals surface area contributed by atoms with Gasteiger partial charge in [-0.05, 0) is 42.8 Å². The van der Waals surface area contributed by atoms with Crippen molar-refractivity contribution in [3.63, 3.8) is 0 Å². The van der Waals surface area contributed by atoms with E-state index in [2.05, 4.69) is 20.1 Å². The molecule has 3 aromatic rings. The van der Waals surface area contributed by atoms with Crippen molar-refractivity contribution >= 4 is 29.5 Å². The molecule has 1 amide bonds. The molecule has 0 aliphatic carbocycles. The minimum Gasteiger partial charge on any atom is -0.453 e. The summed E-state index contributed by atoms with van der Waals surface area (Å²) in [7, 11) is 1.37. The molecular weight excluding hydrogens is 461 g/mol. The molecular formula is C23H23ClFN7O2. The average molecular weight is 484 g/mol. The van der Waals surface area contributed by atoms with Crippen molar-refractivity contribution in [2.45, 2.75) is 19.5 Å². The number of nitrogens with zero attached hydrogens (tertiary/aromatic N) is 7. The van der Waals surface area contributed by atoms with E-state index in [1.54, 1.807) is 17.2 Å². The largest absolute Gasteiger partial charge is 0.453 e. The Hall–Kier alpha value is -3.40. The molecule has 34 heavy (non-hydrogen) atoms. The molecule has 1 spiro atoms. The Bertz CT molecular complexity index is 1280. The van der Waals surface area contributed by atoms with Gasteiger partial charge in [-0.2, -0.15) is 0 Å². The second kappa shape index (κ2) is 7.56. The first-order valence-electron chi connectivity index (χ1n) is 11.1. The minimum atomic E-state index is -0.435. The third-order valence-corrected chi connectivity index (χ3v) is 7.21. The van der Waals surface area contributed by atoms with Gasteiger partial charge in [-0.1, -0.05) is 11.6 Å². The molecule has 0 radical (unpaired) electrons. The average Bonchev–Trinajstić information content (AvgIpc) is 3.15. The molecule has 3 aliphatic rings. The molecule has 1 aromatic carbocycles. The fourth-order valence-corrected chi connectivity index (χ4v) is 5.52. The number of carbonyl (C=O) groups is 1. The highest BCUT2D eigenvalue weighted by molar-refractivity contribution is 6.30. The molecule has 11 heteroatoms. The lowest BCUT2D eigenvalue weighted by Crippen LogP contribution is -2.73. The van der Waals surface area contributed by atoms with Crippen LogP contribution in [0, 0.1) is 11.2 Å². The summed E-state index contributed by atoms with van der Waals surface area (Å²) in [6, 6.07) is 8.32. The maximum atomic E-state index is 14.1. The number of pyridine rings is 1. The molecule has 0 saturated carbocycles. The number of aromatic nitrogens is 4. The number of ether oxygens (including phenoxy) is 1. The van der Waals surface area contributed by atoms with Crippen LogP contribution in [-0.4, -0.2) is 64.0 Å². The fraction of sp³-hybridized carbons (Fsp3) is 0.391. The van der Waals surface area contributed by atoms with Crippen molar-refractivity contribution in [2.75, 3.05) is 43.1 Å². The fourth-order valence-electron chi connectivity index (χ4n) is 5.32. The predicted octanol–water partition coefficient (Wildman–Crippen LogP) is 3.42. The summed E-state index contributed by atoms with van der Waals surface area (Å²) in [5.41, 5.74) is 1.86. The Kier molecular flexibility index (Phi) is 4.70. The van der Waals surface area contributed by atoms with E-state index < -0.39 is 6.09 Å². The Labute approximate surface area is 200 Å². The number of hydrogen-bond acceptors (Lipinski definition) is 7. The van der Waals surface area contributed by atoms with Gasteiger partial charge in [-0.25, -0.2) is 14.2 Å². The number of anilines is 2. The van der Waals surface area contributed by atoms with Crippen LogP contribution in [0.3, 0.4) is 0 Å². The Morgan fingerprint density at radius 2 is 1.94 bits per heavy atom. The highest BCUT2D eigenvalue weighted by Gasteiger charge is 2.54. The molecule has 1 unspecified atom stereocenters. The maximum Gasteiger partial charge on any atom is 0.410 e. The number of methoxy groups -OCH3 is 1. The SMILES string of the molecule is COC(=O)N1Cc2cc(Cl)ccc2-n2c(nnc2N2CC3(CN(c4ncccc4F)C3)C2)C1C. The van der Waals surface area contributed by atoms with Crippen LogP contribution in [0.1, 0.15) is 24.4 Å². The summed E-state index contributed by atoms with van der Waals surface area (Å²) >= 11 is 6.29. The van der Waals surface area contributed by atoms with E-state index in [1.807, 2.05) is 34.6 Å². The van der Waals surface area contributed by atoms with E-state index in [1.165, 1.54) is 13.2 Å². The Balaban J connectivity index is 1.29. The van der Waals surface area contributed by atoms with Crippen LogP contribution in [0.5, 0.6) is 0 Å². The predicted molar refractivity (Wildman–Crippen MR) is 124 cm³/mol. The van der Waals surface area contributed by atoms with Crippen LogP contribution in [-0.2, 0) is 11.3 Å². The van der Waals surface area contributed by atoms with Gasteiger partial charge in [0.15, 0.2) is 17.5 Å². The number of carbonyl (C=O) groups excluding carboxylic acids is 1. The Morgan fingerprint density at radius 1 is 1.18 bits per heavy atom. The van der Waals surface area contributed by atoms with Crippen molar-refractivity contribution in [1.82, 2.24) is 24.6 Å². The van der Waals surface area contributed by atoms with Gasteiger partial charge in [0.25, 0.3) is 0 Å². The van der Waals surface area contributed by atoms with Crippen LogP contribution in [0.2, 0.25) is 5.02 Å². The molecule has 2 fully saturated rings. The highest BCUT2D eigenvalue weighted by Crippen LogP contribution is 2.45. The first-order valence-corrected chi connectivity index (χ1v) is 11.5. The van der Waals surface area contributed by atoms with Crippen molar-refractivity contribution < 1.29 is 13.9 Å². The molecule has 1 atom stereocenters. The van der Waals surface area contributed by atoms with E-state index in [0.29, 0.717) is 23.2 Å². The maximum absolute atomic E-state index is 14.1. The standard InChI is InChI=1S/C23H23ClFN7O2/c1-14-19-27-28-21(30-12-23(13-30)10-29(11-23)20-17(25)4-3-7-26-20)32(19)18-6-5-16(24)8-15(18)9-31(14)22(33)34-2/h3-8,14H,9-13H2,1-2H3. The normalized spacial score (nSPS) is 20.2. The van der Waals surface area contributed by atoms with Crippen LogP contribution < -0.4 is 9.80 Å². The first kappa shape index (κ1) is 21.2. The van der Waals surface area contributed by atoms with Gasteiger partial charge in [-0.3, -0.25) is 9.47 Å². The van der Waals surface area contributed by atoms with Crippen LogP contribution in [0.15, 0.2) is 36.5 Å². The van der Waals surface area contributed by atoms with Crippen molar-refractivity contribution in [2.24, 2.45) is 5.41 Å².